The van der Waals surface area contributed by atoms with Gasteiger partial charge >= 0.3 is 11.9 Å². The summed E-state index contributed by atoms with van der Waals surface area (Å²) in [5.41, 5.74) is 1.40. The standard InChI is InChI=1S/C26H23F2N5O3/c1-36-24(35)20-7-3-6-19(11-20)14-32-8-9-33-22-21(23(34)30-25(32)33)15-31(16-26(22,27)28)13-18-5-2-4-17(10-18)12-29/h2-7,10-11H,8-9,13-16H2,1H3. The molecule has 36 heavy (non-hydrogen) atoms. The Bertz CT molecular complexity index is 1450. The van der Waals surface area contributed by atoms with E-state index in [1.54, 1.807) is 47.4 Å². The molecule has 0 saturated heterocycles. The SMILES string of the molecule is COC(=O)c1cccc(CN2CCn3c2nc(=O)c2c3C(F)(F)CN(Cc3cccc(C#N)c3)C2)c1. The second-order valence-electron chi connectivity index (χ2n) is 8.97. The lowest BCUT2D eigenvalue weighted by Gasteiger charge is -2.35. The lowest BCUT2D eigenvalue weighted by Crippen LogP contribution is -2.45. The summed E-state index contributed by atoms with van der Waals surface area (Å²) in [4.78, 5) is 32.3. The highest BCUT2D eigenvalue weighted by molar-refractivity contribution is 5.89. The Balaban J connectivity index is 1.43. The summed E-state index contributed by atoms with van der Waals surface area (Å²) in [6, 6.07) is 15.7. The second-order valence-corrected chi connectivity index (χ2v) is 8.97. The minimum absolute atomic E-state index is 0.000904. The Morgan fingerprint density at radius 1 is 1.14 bits per heavy atom. The fourth-order valence-electron chi connectivity index (χ4n) is 4.95. The van der Waals surface area contributed by atoms with Crippen molar-refractivity contribution in [3.8, 4) is 6.07 Å². The van der Waals surface area contributed by atoms with Crippen molar-refractivity contribution in [2.24, 2.45) is 0 Å². The van der Waals surface area contributed by atoms with Crippen LogP contribution < -0.4 is 10.5 Å². The molecule has 3 aromatic rings. The molecular weight excluding hydrogens is 468 g/mol. The van der Waals surface area contributed by atoms with E-state index in [1.807, 2.05) is 12.1 Å². The molecule has 0 bridgehead atoms. The third-order valence-electron chi connectivity index (χ3n) is 6.47. The summed E-state index contributed by atoms with van der Waals surface area (Å²) in [5.74, 6) is -3.51. The molecule has 0 atom stereocenters. The predicted molar refractivity (Wildman–Crippen MR) is 126 cm³/mol. The van der Waals surface area contributed by atoms with Gasteiger partial charge in [-0.3, -0.25) is 9.69 Å². The number of alkyl halides is 2. The van der Waals surface area contributed by atoms with Crippen LogP contribution in [0.4, 0.5) is 14.7 Å². The molecule has 0 radical (unpaired) electrons. The first kappa shape index (κ1) is 23.6. The Morgan fingerprint density at radius 3 is 2.64 bits per heavy atom. The number of rotatable bonds is 5. The van der Waals surface area contributed by atoms with Crippen LogP contribution in [0.1, 0.15) is 38.3 Å². The molecule has 1 aromatic heterocycles. The summed E-state index contributed by atoms with van der Waals surface area (Å²) >= 11 is 0. The summed E-state index contributed by atoms with van der Waals surface area (Å²) in [5, 5.41) is 9.11. The highest BCUT2D eigenvalue weighted by atomic mass is 19.3. The third-order valence-corrected chi connectivity index (χ3v) is 6.47. The molecule has 0 aliphatic carbocycles. The topological polar surface area (TPSA) is 91.5 Å². The molecule has 3 heterocycles. The van der Waals surface area contributed by atoms with Gasteiger partial charge in [-0.15, -0.1) is 0 Å². The van der Waals surface area contributed by atoms with Crippen LogP contribution in [0.25, 0.3) is 0 Å². The monoisotopic (exact) mass is 491 g/mol. The average Bonchev–Trinajstić information content (AvgIpc) is 3.25. The van der Waals surface area contributed by atoms with E-state index in [-0.39, 0.29) is 36.8 Å². The summed E-state index contributed by atoms with van der Waals surface area (Å²) < 4.78 is 37.2. The number of fused-ring (bicyclic) bond motifs is 3. The average molecular weight is 491 g/mol. The van der Waals surface area contributed by atoms with Crippen molar-refractivity contribution in [3.05, 3.63) is 92.4 Å². The van der Waals surface area contributed by atoms with Crippen molar-refractivity contribution in [1.29, 1.82) is 5.26 Å². The quantitative estimate of drug-likeness (QED) is 0.507. The minimum Gasteiger partial charge on any atom is -0.465 e. The molecule has 10 heteroatoms. The Labute approximate surface area is 206 Å². The van der Waals surface area contributed by atoms with Gasteiger partial charge in [-0.25, -0.2) is 4.79 Å². The van der Waals surface area contributed by atoms with Gasteiger partial charge in [0.25, 0.3) is 5.56 Å². The van der Waals surface area contributed by atoms with Crippen LogP contribution in [0.15, 0.2) is 53.3 Å². The highest BCUT2D eigenvalue weighted by Crippen LogP contribution is 2.38. The molecule has 5 rings (SSSR count). The Morgan fingerprint density at radius 2 is 1.89 bits per heavy atom. The number of carbonyl (C=O) groups excluding carboxylic acids is 1. The van der Waals surface area contributed by atoms with Crippen LogP contribution in [0, 0.1) is 11.3 Å². The number of esters is 1. The lowest BCUT2D eigenvalue weighted by atomic mass is 10.0. The number of methoxy groups -OCH3 is 1. The number of halogens is 2. The first-order valence-electron chi connectivity index (χ1n) is 11.4. The van der Waals surface area contributed by atoms with E-state index < -0.39 is 24.0 Å². The number of benzene rings is 2. The third kappa shape index (κ3) is 4.33. The lowest BCUT2D eigenvalue weighted by molar-refractivity contribution is -0.0621. The number of nitrogens with zero attached hydrogens (tertiary/aromatic N) is 5. The number of hydrogen-bond donors (Lipinski definition) is 0. The largest absolute Gasteiger partial charge is 0.465 e. The summed E-state index contributed by atoms with van der Waals surface area (Å²) in [6.45, 7) is 0.695. The van der Waals surface area contributed by atoms with Gasteiger partial charge in [0.1, 0.15) is 5.69 Å². The molecular formula is C26H23F2N5O3. The zero-order valence-electron chi connectivity index (χ0n) is 19.6. The molecule has 0 spiro atoms. The van der Waals surface area contributed by atoms with Crippen molar-refractivity contribution >= 4 is 11.9 Å². The number of nitriles is 1. The van der Waals surface area contributed by atoms with Gasteiger partial charge in [-0.1, -0.05) is 24.3 Å². The van der Waals surface area contributed by atoms with E-state index in [0.717, 1.165) is 11.1 Å². The molecule has 0 N–H and O–H groups in total. The van der Waals surface area contributed by atoms with Gasteiger partial charge in [0, 0.05) is 32.7 Å². The van der Waals surface area contributed by atoms with Crippen LogP contribution in [0.2, 0.25) is 0 Å². The van der Waals surface area contributed by atoms with E-state index in [1.165, 1.54) is 16.6 Å². The van der Waals surface area contributed by atoms with Crippen molar-refractivity contribution in [2.75, 3.05) is 25.1 Å². The summed E-state index contributed by atoms with van der Waals surface area (Å²) in [7, 11) is 1.30. The van der Waals surface area contributed by atoms with Crippen LogP contribution >= 0.6 is 0 Å². The molecule has 0 unspecified atom stereocenters. The summed E-state index contributed by atoms with van der Waals surface area (Å²) in [6.07, 6.45) is 0. The number of carbonyl (C=O) groups is 1. The molecule has 2 aliphatic rings. The normalized spacial score (nSPS) is 16.2. The van der Waals surface area contributed by atoms with Gasteiger partial charge < -0.3 is 14.2 Å². The van der Waals surface area contributed by atoms with E-state index in [0.29, 0.717) is 24.2 Å². The molecule has 8 nitrogen and oxygen atoms in total. The fourth-order valence-corrected chi connectivity index (χ4v) is 4.95. The first-order chi connectivity index (χ1) is 17.3. The van der Waals surface area contributed by atoms with Crippen molar-refractivity contribution in [2.45, 2.75) is 32.1 Å². The van der Waals surface area contributed by atoms with Crippen LogP contribution in [-0.2, 0) is 36.8 Å². The predicted octanol–water partition coefficient (Wildman–Crippen LogP) is 3.03. The first-order valence-corrected chi connectivity index (χ1v) is 11.4. The number of ether oxygens (including phenoxy) is 1. The van der Waals surface area contributed by atoms with Gasteiger partial charge in [0.2, 0.25) is 5.95 Å². The molecule has 184 valence electrons. The molecule has 0 fully saturated rings. The zero-order valence-corrected chi connectivity index (χ0v) is 19.6. The number of hydrogen-bond acceptors (Lipinski definition) is 7. The minimum atomic E-state index is -3.25. The van der Waals surface area contributed by atoms with Crippen LogP contribution in [0.5, 0.6) is 0 Å². The van der Waals surface area contributed by atoms with Crippen molar-refractivity contribution < 1.29 is 18.3 Å². The molecule has 2 aliphatic heterocycles. The maximum Gasteiger partial charge on any atom is 0.337 e. The number of anilines is 1. The van der Waals surface area contributed by atoms with E-state index in [2.05, 4.69) is 4.98 Å². The Hall–Kier alpha value is -4.10. The van der Waals surface area contributed by atoms with Crippen LogP contribution in [0.3, 0.4) is 0 Å². The Kier molecular flexibility index (Phi) is 6.02. The van der Waals surface area contributed by atoms with E-state index in [9.17, 15) is 9.59 Å². The second kappa shape index (κ2) is 9.17. The van der Waals surface area contributed by atoms with Gasteiger partial charge in [-0.2, -0.15) is 19.0 Å². The van der Waals surface area contributed by atoms with Gasteiger partial charge in [-0.05, 0) is 35.4 Å². The van der Waals surface area contributed by atoms with Crippen molar-refractivity contribution in [1.82, 2.24) is 14.5 Å². The smallest absolute Gasteiger partial charge is 0.337 e. The fraction of sp³-hybridized carbons (Fsp3) is 0.308. The van der Waals surface area contributed by atoms with Crippen molar-refractivity contribution in [3.63, 3.8) is 0 Å². The number of aromatic nitrogens is 2. The van der Waals surface area contributed by atoms with Gasteiger partial charge in [0.05, 0.1) is 36.4 Å². The molecule has 0 saturated carbocycles. The maximum atomic E-state index is 15.5. The molecule has 2 aromatic carbocycles. The van der Waals surface area contributed by atoms with E-state index >= 15 is 8.78 Å². The van der Waals surface area contributed by atoms with E-state index in [4.69, 9.17) is 10.00 Å². The van der Waals surface area contributed by atoms with Crippen LogP contribution in [-0.4, -0.2) is 40.6 Å². The molecule has 0 amide bonds. The zero-order chi connectivity index (χ0) is 25.4. The maximum absolute atomic E-state index is 15.5. The van der Waals surface area contributed by atoms with Gasteiger partial charge in [0.15, 0.2) is 0 Å². The highest BCUT2D eigenvalue weighted by Gasteiger charge is 2.46.